The Labute approximate surface area is 173 Å². The van der Waals surface area contributed by atoms with E-state index in [4.69, 9.17) is 0 Å². The first kappa shape index (κ1) is 22.2. The summed E-state index contributed by atoms with van der Waals surface area (Å²) in [5.41, 5.74) is 4.19. The maximum absolute atomic E-state index is 12.8. The van der Waals surface area contributed by atoms with Crippen LogP contribution in [-0.4, -0.2) is 27.3 Å². The number of rotatable bonds is 5. The lowest BCUT2D eigenvalue weighted by molar-refractivity contribution is 0.0947. The van der Waals surface area contributed by atoms with Gasteiger partial charge in [-0.25, -0.2) is 0 Å². The lowest BCUT2D eigenvalue weighted by Crippen LogP contribution is -2.24. The third kappa shape index (κ3) is 4.86. The molecule has 0 bridgehead atoms. The zero-order chi connectivity index (χ0) is 19.6. The van der Waals surface area contributed by atoms with Crippen LogP contribution in [0.3, 0.4) is 0 Å². The van der Waals surface area contributed by atoms with Crippen molar-refractivity contribution >= 4 is 18.3 Å². The van der Waals surface area contributed by atoms with Crippen molar-refractivity contribution in [1.82, 2.24) is 20.4 Å². The minimum atomic E-state index is -0.266. The Kier molecular flexibility index (Phi) is 7.49. The molecule has 154 valence electrons. The van der Waals surface area contributed by atoms with Crippen molar-refractivity contribution in [2.24, 2.45) is 0 Å². The fraction of sp³-hybridized carbons (Fsp3) is 0.524. The van der Waals surface area contributed by atoms with Crippen molar-refractivity contribution in [3.63, 3.8) is 0 Å². The van der Waals surface area contributed by atoms with E-state index in [0.29, 0.717) is 12.1 Å². The molecule has 0 unspecified atom stereocenters. The molecule has 0 saturated heterocycles. The van der Waals surface area contributed by atoms with Gasteiger partial charge in [0.2, 0.25) is 0 Å². The molecule has 0 fully saturated rings. The van der Waals surface area contributed by atoms with Crippen LogP contribution in [0.15, 0.2) is 18.2 Å². The number of nitrogens with zero attached hydrogens (tertiary/aromatic N) is 2. The van der Waals surface area contributed by atoms with Gasteiger partial charge >= 0.3 is 0 Å². The van der Waals surface area contributed by atoms with E-state index in [-0.39, 0.29) is 35.9 Å². The molecular weight excluding hydrogens is 376 g/mol. The standard InChI is InChI=1S/C21H30N4O2.ClH/c1-13(2)15-8-18(14(3)4)20(26)19(9-15)21(27)23-11-16-10-17-12-22-6-5-7-25(17)24-16;/h8-10,13-14,22,26H,5-7,11-12H2,1-4H3,(H,23,27);1H. The Bertz CT molecular complexity index is 807. The van der Waals surface area contributed by atoms with Gasteiger partial charge in [-0.3, -0.25) is 9.48 Å². The number of amides is 1. The van der Waals surface area contributed by atoms with E-state index >= 15 is 0 Å². The van der Waals surface area contributed by atoms with Crippen LogP contribution >= 0.6 is 12.4 Å². The van der Waals surface area contributed by atoms with Crippen LogP contribution in [0.1, 0.15) is 78.8 Å². The van der Waals surface area contributed by atoms with E-state index in [9.17, 15) is 9.90 Å². The van der Waals surface area contributed by atoms with E-state index in [0.717, 1.165) is 48.6 Å². The summed E-state index contributed by atoms with van der Waals surface area (Å²) in [6.07, 6.45) is 1.05. The van der Waals surface area contributed by atoms with Crippen LogP contribution in [0, 0.1) is 0 Å². The highest BCUT2D eigenvalue weighted by atomic mass is 35.5. The lowest BCUT2D eigenvalue weighted by Gasteiger charge is -2.17. The van der Waals surface area contributed by atoms with Gasteiger partial charge in [0.1, 0.15) is 5.75 Å². The molecule has 0 aliphatic carbocycles. The Morgan fingerprint density at radius 3 is 2.68 bits per heavy atom. The van der Waals surface area contributed by atoms with Gasteiger partial charge in [-0.1, -0.05) is 33.8 Å². The highest BCUT2D eigenvalue weighted by Gasteiger charge is 2.19. The predicted octanol–water partition coefficient (Wildman–Crippen LogP) is 3.68. The Morgan fingerprint density at radius 1 is 1.25 bits per heavy atom. The fourth-order valence-corrected chi connectivity index (χ4v) is 3.40. The summed E-state index contributed by atoms with van der Waals surface area (Å²) in [5.74, 6) is 0.243. The van der Waals surface area contributed by atoms with Crippen LogP contribution in [0.4, 0.5) is 0 Å². The highest BCUT2D eigenvalue weighted by molar-refractivity contribution is 5.97. The second kappa shape index (κ2) is 9.43. The van der Waals surface area contributed by atoms with Gasteiger partial charge in [0.05, 0.1) is 23.5 Å². The van der Waals surface area contributed by atoms with Gasteiger partial charge in [-0.05, 0) is 48.1 Å². The summed E-state index contributed by atoms with van der Waals surface area (Å²) in [6, 6.07) is 5.83. The Hall–Kier alpha value is -2.05. The number of carbonyl (C=O) groups excluding carboxylic acids is 1. The molecule has 0 radical (unpaired) electrons. The summed E-state index contributed by atoms with van der Waals surface area (Å²) in [6.45, 7) is 11.3. The number of halogens is 1. The molecule has 2 aromatic rings. The first-order chi connectivity index (χ1) is 12.9. The third-order valence-electron chi connectivity index (χ3n) is 5.07. The van der Waals surface area contributed by atoms with E-state index in [2.05, 4.69) is 29.6 Å². The smallest absolute Gasteiger partial charge is 0.255 e. The van der Waals surface area contributed by atoms with Gasteiger partial charge in [0.25, 0.3) is 5.91 Å². The normalized spacial score (nSPS) is 13.8. The van der Waals surface area contributed by atoms with Crippen LogP contribution in [0.2, 0.25) is 0 Å². The number of aromatic hydroxyl groups is 1. The van der Waals surface area contributed by atoms with E-state index < -0.39 is 0 Å². The number of carbonyl (C=O) groups is 1. The van der Waals surface area contributed by atoms with Crippen molar-refractivity contribution in [1.29, 1.82) is 0 Å². The molecule has 1 aliphatic heterocycles. The summed E-state index contributed by atoms with van der Waals surface area (Å²) in [4.78, 5) is 12.8. The average molecular weight is 407 g/mol. The lowest BCUT2D eigenvalue weighted by atomic mass is 9.91. The molecule has 7 heteroatoms. The first-order valence-corrected chi connectivity index (χ1v) is 9.78. The topological polar surface area (TPSA) is 79.2 Å². The monoisotopic (exact) mass is 406 g/mol. The molecule has 1 aliphatic rings. The Morgan fingerprint density at radius 2 is 2.00 bits per heavy atom. The van der Waals surface area contributed by atoms with Crippen LogP contribution in [-0.2, 0) is 19.6 Å². The maximum atomic E-state index is 12.8. The van der Waals surface area contributed by atoms with Gasteiger partial charge in [0, 0.05) is 13.1 Å². The highest BCUT2D eigenvalue weighted by Crippen LogP contribution is 2.33. The number of aromatic nitrogens is 2. The quantitative estimate of drug-likeness (QED) is 0.707. The number of hydrogen-bond acceptors (Lipinski definition) is 4. The van der Waals surface area contributed by atoms with Crippen molar-refractivity contribution in [2.45, 2.75) is 65.6 Å². The van der Waals surface area contributed by atoms with E-state index in [1.54, 1.807) is 6.07 Å². The molecule has 1 amide bonds. The fourth-order valence-electron chi connectivity index (χ4n) is 3.40. The molecule has 1 aromatic carbocycles. The van der Waals surface area contributed by atoms with Crippen LogP contribution < -0.4 is 10.6 Å². The summed E-state index contributed by atoms with van der Waals surface area (Å²) >= 11 is 0. The molecule has 6 nitrogen and oxygen atoms in total. The molecule has 0 saturated carbocycles. The molecule has 2 heterocycles. The molecular formula is C21H31ClN4O2. The third-order valence-corrected chi connectivity index (χ3v) is 5.07. The van der Waals surface area contributed by atoms with Crippen LogP contribution in [0.5, 0.6) is 5.75 Å². The van der Waals surface area contributed by atoms with E-state index in [1.165, 1.54) is 0 Å². The molecule has 28 heavy (non-hydrogen) atoms. The number of phenols is 1. The minimum Gasteiger partial charge on any atom is -0.507 e. The average Bonchev–Trinajstić information content (AvgIpc) is 2.88. The second-order valence-corrected chi connectivity index (χ2v) is 7.88. The van der Waals surface area contributed by atoms with Gasteiger partial charge in [0.15, 0.2) is 0 Å². The molecule has 3 rings (SSSR count). The van der Waals surface area contributed by atoms with Crippen molar-refractivity contribution in [3.8, 4) is 5.75 Å². The maximum Gasteiger partial charge on any atom is 0.255 e. The zero-order valence-electron chi connectivity index (χ0n) is 17.1. The van der Waals surface area contributed by atoms with Crippen molar-refractivity contribution < 1.29 is 9.90 Å². The van der Waals surface area contributed by atoms with Gasteiger partial charge in [-0.15, -0.1) is 12.4 Å². The predicted molar refractivity (Wildman–Crippen MR) is 113 cm³/mol. The molecule has 0 atom stereocenters. The minimum absolute atomic E-state index is 0. The second-order valence-electron chi connectivity index (χ2n) is 7.88. The SMILES string of the molecule is CC(C)c1cc(C(=O)NCc2cc3n(n2)CCCNC3)c(O)c(C(C)C)c1.Cl. The van der Waals surface area contributed by atoms with Crippen molar-refractivity contribution in [3.05, 3.63) is 46.3 Å². The summed E-state index contributed by atoms with van der Waals surface area (Å²) in [7, 11) is 0. The largest absolute Gasteiger partial charge is 0.507 e. The first-order valence-electron chi connectivity index (χ1n) is 9.78. The Balaban J connectivity index is 0.00000280. The molecule has 0 spiro atoms. The molecule has 1 aromatic heterocycles. The zero-order valence-corrected chi connectivity index (χ0v) is 17.9. The van der Waals surface area contributed by atoms with Gasteiger partial charge in [-0.2, -0.15) is 5.10 Å². The summed E-state index contributed by atoms with van der Waals surface area (Å²) in [5, 5.41) is 21.5. The number of nitrogens with one attached hydrogen (secondary N) is 2. The van der Waals surface area contributed by atoms with Crippen molar-refractivity contribution in [2.75, 3.05) is 6.54 Å². The molecule has 3 N–H and O–H groups in total. The number of aryl methyl sites for hydroxylation is 1. The van der Waals surface area contributed by atoms with E-state index in [1.807, 2.05) is 30.7 Å². The number of hydrogen-bond donors (Lipinski definition) is 3. The van der Waals surface area contributed by atoms with Gasteiger partial charge < -0.3 is 15.7 Å². The number of benzene rings is 1. The number of fused-ring (bicyclic) bond motifs is 1. The number of phenolic OH excluding ortho intramolecular Hbond substituents is 1. The summed E-state index contributed by atoms with van der Waals surface area (Å²) < 4.78 is 2.01. The van der Waals surface area contributed by atoms with Crippen LogP contribution in [0.25, 0.3) is 0 Å².